The standard InChI is InChI=1S/C8H10BrNO/c1-8(2,11)7-4-3-6(9)5-10-7/h3-5,11H,1-2H3/i1D3,2D3. The number of pyridine rings is 1. The average Bonchev–Trinajstić information content (AvgIpc) is 2.14. The van der Waals surface area contributed by atoms with Gasteiger partial charge in [0.2, 0.25) is 0 Å². The molecule has 0 fully saturated rings. The molecule has 1 rings (SSSR count). The predicted molar refractivity (Wildman–Crippen MR) is 47.2 cm³/mol. The van der Waals surface area contributed by atoms with E-state index >= 15 is 0 Å². The van der Waals surface area contributed by atoms with Crippen molar-refractivity contribution in [2.45, 2.75) is 19.3 Å². The zero-order valence-corrected chi connectivity index (χ0v) is 7.09. The number of aromatic nitrogens is 1. The zero-order chi connectivity index (χ0) is 13.5. The van der Waals surface area contributed by atoms with E-state index in [-0.39, 0.29) is 0 Å². The maximum absolute atomic E-state index is 10.0. The quantitative estimate of drug-likeness (QED) is 0.788. The minimum absolute atomic E-state index is 0.402. The van der Waals surface area contributed by atoms with E-state index in [0.29, 0.717) is 4.47 Å². The second kappa shape index (κ2) is 2.91. The summed E-state index contributed by atoms with van der Waals surface area (Å²) in [4.78, 5) is 3.67. The normalized spacial score (nSPS) is 22.0. The van der Waals surface area contributed by atoms with Crippen molar-refractivity contribution in [2.75, 3.05) is 0 Å². The molecule has 0 aliphatic carbocycles. The summed E-state index contributed by atoms with van der Waals surface area (Å²) in [6.07, 6.45) is 1.23. The van der Waals surface area contributed by atoms with Crippen LogP contribution >= 0.6 is 15.9 Å². The van der Waals surface area contributed by atoms with Crippen LogP contribution in [0.25, 0.3) is 0 Å². The van der Waals surface area contributed by atoms with Crippen LogP contribution in [0.4, 0.5) is 0 Å². The van der Waals surface area contributed by atoms with Gasteiger partial charge < -0.3 is 5.11 Å². The summed E-state index contributed by atoms with van der Waals surface area (Å²) < 4.78 is 43.8. The van der Waals surface area contributed by atoms with Crippen LogP contribution in [0, 0.1) is 0 Å². The fraction of sp³-hybridized carbons (Fsp3) is 0.375. The molecule has 0 saturated heterocycles. The second-order valence-electron chi connectivity index (χ2n) is 2.07. The number of rotatable bonds is 1. The monoisotopic (exact) mass is 221 g/mol. The third kappa shape index (κ3) is 2.27. The molecule has 0 unspecified atom stereocenters. The molecule has 60 valence electrons. The SMILES string of the molecule is [2H]C([2H])([2H])C(O)(c1ccc(Br)cn1)C([2H])([2H])[2H]. The van der Waals surface area contributed by atoms with Crippen molar-refractivity contribution in [3.8, 4) is 0 Å². The van der Waals surface area contributed by atoms with Crippen molar-refractivity contribution in [3.05, 3.63) is 28.5 Å². The third-order valence-electron chi connectivity index (χ3n) is 1.10. The largest absolute Gasteiger partial charge is 0.384 e. The van der Waals surface area contributed by atoms with Gasteiger partial charge >= 0.3 is 0 Å². The summed E-state index contributed by atoms with van der Waals surface area (Å²) in [6, 6.07) is 2.59. The smallest absolute Gasteiger partial charge is 0.101 e. The number of nitrogens with zero attached hydrogens (tertiary/aromatic N) is 1. The molecule has 0 saturated carbocycles. The molecule has 0 aliphatic rings. The van der Waals surface area contributed by atoms with Crippen LogP contribution in [0.1, 0.15) is 27.6 Å². The van der Waals surface area contributed by atoms with Crippen molar-refractivity contribution in [2.24, 2.45) is 0 Å². The van der Waals surface area contributed by atoms with Crippen LogP contribution < -0.4 is 0 Å². The molecule has 11 heavy (non-hydrogen) atoms. The van der Waals surface area contributed by atoms with E-state index in [1.807, 2.05) is 0 Å². The number of hydrogen-bond donors (Lipinski definition) is 1. The van der Waals surface area contributed by atoms with Gasteiger partial charge in [0.1, 0.15) is 5.60 Å². The number of aliphatic hydroxyl groups is 1. The Hall–Kier alpha value is -0.410. The van der Waals surface area contributed by atoms with Crippen molar-refractivity contribution < 1.29 is 13.3 Å². The van der Waals surface area contributed by atoms with Gasteiger partial charge in [-0.2, -0.15) is 0 Å². The van der Waals surface area contributed by atoms with E-state index in [2.05, 4.69) is 20.9 Å². The molecule has 1 aromatic heterocycles. The van der Waals surface area contributed by atoms with Crippen LogP contribution in [0.15, 0.2) is 22.8 Å². The highest BCUT2D eigenvalue weighted by molar-refractivity contribution is 9.10. The van der Waals surface area contributed by atoms with Gasteiger partial charge in [-0.1, -0.05) is 0 Å². The van der Waals surface area contributed by atoms with Crippen LogP contribution in [0.5, 0.6) is 0 Å². The van der Waals surface area contributed by atoms with Crippen LogP contribution in [0.2, 0.25) is 0 Å². The fourth-order valence-electron chi connectivity index (χ4n) is 0.590. The van der Waals surface area contributed by atoms with Gasteiger partial charge in [0.05, 0.1) is 5.69 Å². The summed E-state index contributed by atoms with van der Waals surface area (Å²) >= 11 is 3.09. The Labute approximate surface area is 82.8 Å². The van der Waals surface area contributed by atoms with E-state index in [9.17, 15) is 5.11 Å². The molecule has 0 aromatic carbocycles. The third-order valence-corrected chi connectivity index (χ3v) is 1.57. The molecular formula is C8H10BrNO. The first-order valence-electron chi connectivity index (χ1n) is 5.84. The van der Waals surface area contributed by atoms with Gasteiger partial charge in [-0.3, -0.25) is 4.98 Å². The predicted octanol–water partition coefficient (Wildman–Crippen LogP) is 2.07. The summed E-state index contributed by atoms with van der Waals surface area (Å²) in [5, 5.41) is 10.0. The van der Waals surface area contributed by atoms with Crippen molar-refractivity contribution in [1.29, 1.82) is 0 Å². The minimum Gasteiger partial charge on any atom is -0.384 e. The van der Waals surface area contributed by atoms with Gasteiger partial charge in [-0.05, 0) is 41.8 Å². The van der Waals surface area contributed by atoms with Crippen molar-refractivity contribution in [1.82, 2.24) is 4.98 Å². The lowest BCUT2D eigenvalue weighted by Crippen LogP contribution is -2.16. The van der Waals surface area contributed by atoms with Gasteiger partial charge in [-0.15, -0.1) is 0 Å². The molecular weight excluding hydrogens is 206 g/mol. The summed E-state index contributed by atoms with van der Waals surface area (Å²) in [7, 11) is 0. The van der Waals surface area contributed by atoms with Gasteiger partial charge in [0.15, 0.2) is 0 Å². The molecule has 0 spiro atoms. The Morgan fingerprint density at radius 3 is 2.82 bits per heavy atom. The van der Waals surface area contributed by atoms with Crippen molar-refractivity contribution >= 4 is 15.9 Å². The summed E-state index contributed by atoms with van der Waals surface area (Å²) in [6.45, 7) is -6.20. The highest BCUT2D eigenvalue weighted by Gasteiger charge is 2.16. The van der Waals surface area contributed by atoms with Crippen LogP contribution in [-0.4, -0.2) is 10.1 Å². The molecule has 1 N–H and O–H groups in total. The Morgan fingerprint density at radius 1 is 1.64 bits per heavy atom. The highest BCUT2D eigenvalue weighted by atomic mass is 79.9. The minimum atomic E-state index is -3.10. The molecule has 0 radical (unpaired) electrons. The Bertz CT molecular complexity index is 384. The number of hydrogen-bond acceptors (Lipinski definition) is 2. The molecule has 2 nitrogen and oxygen atoms in total. The van der Waals surface area contributed by atoms with E-state index in [0.717, 1.165) is 0 Å². The maximum atomic E-state index is 10.0. The van der Waals surface area contributed by atoms with E-state index in [1.165, 1.54) is 18.3 Å². The van der Waals surface area contributed by atoms with E-state index < -0.39 is 25.0 Å². The lowest BCUT2D eigenvalue weighted by molar-refractivity contribution is 0.0738. The van der Waals surface area contributed by atoms with E-state index in [1.54, 1.807) is 0 Å². The maximum Gasteiger partial charge on any atom is 0.101 e. The Kier molecular flexibility index (Phi) is 0.937. The lowest BCUT2D eigenvalue weighted by atomic mass is 10.1. The fourth-order valence-corrected chi connectivity index (χ4v) is 0.824. The summed E-state index contributed by atoms with van der Waals surface area (Å²) in [5.74, 6) is 0. The van der Waals surface area contributed by atoms with Crippen molar-refractivity contribution in [3.63, 3.8) is 0 Å². The first-order chi connectivity index (χ1) is 7.50. The first-order valence-corrected chi connectivity index (χ1v) is 3.64. The van der Waals surface area contributed by atoms with Gasteiger partial charge in [0, 0.05) is 18.9 Å². The van der Waals surface area contributed by atoms with Gasteiger partial charge in [-0.25, -0.2) is 0 Å². The Morgan fingerprint density at radius 2 is 2.36 bits per heavy atom. The van der Waals surface area contributed by atoms with Crippen LogP contribution in [0.3, 0.4) is 0 Å². The molecule has 0 atom stereocenters. The Balaban J connectivity index is 3.41. The molecule has 1 aromatic rings. The molecule has 0 bridgehead atoms. The van der Waals surface area contributed by atoms with Crippen LogP contribution in [-0.2, 0) is 5.60 Å². The lowest BCUT2D eigenvalue weighted by Gasteiger charge is -2.15. The molecule has 0 amide bonds. The summed E-state index contributed by atoms with van der Waals surface area (Å²) in [5.41, 5.74) is -3.37. The first kappa shape index (κ1) is 3.54. The average molecular weight is 222 g/mol. The zero-order valence-electron chi connectivity index (χ0n) is 11.5. The molecule has 1 heterocycles. The molecule has 3 heteroatoms. The van der Waals surface area contributed by atoms with E-state index in [4.69, 9.17) is 8.22 Å². The highest BCUT2D eigenvalue weighted by Crippen LogP contribution is 2.18. The topological polar surface area (TPSA) is 33.1 Å². The van der Waals surface area contributed by atoms with Gasteiger partial charge in [0.25, 0.3) is 0 Å². The number of halogens is 1. The second-order valence-corrected chi connectivity index (χ2v) is 2.99. The molecule has 0 aliphatic heterocycles.